The zero-order chi connectivity index (χ0) is 42.8. The lowest BCUT2D eigenvalue weighted by Crippen LogP contribution is -2.50. The van der Waals surface area contributed by atoms with Gasteiger partial charge in [0.25, 0.3) is 0 Å². The van der Waals surface area contributed by atoms with Gasteiger partial charge in [-0.2, -0.15) is 15.0 Å². The maximum atomic E-state index is 14.4. The van der Waals surface area contributed by atoms with Crippen LogP contribution in [-0.2, 0) is 14.6 Å². The number of ether oxygens (including phenoxy) is 4. The molecule has 2 N–H and O–H groups in total. The van der Waals surface area contributed by atoms with Gasteiger partial charge in [0.2, 0.25) is 11.9 Å². The molecule has 2 fully saturated rings. The van der Waals surface area contributed by atoms with Crippen molar-refractivity contribution in [1.82, 2.24) is 24.8 Å². The number of fused-ring (bicyclic) bond motifs is 1. The Morgan fingerprint density at radius 2 is 1.72 bits per heavy atom. The third kappa shape index (κ3) is 10.4. The number of halogens is 3. The van der Waals surface area contributed by atoms with Crippen LogP contribution in [-0.4, -0.2) is 90.3 Å². The molecular weight excluding hydrogens is 822 g/mol. The summed E-state index contributed by atoms with van der Waals surface area (Å²) >= 11 is 6.67. The molecule has 322 valence electrons. The molecule has 7 rings (SSSR count). The van der Waals surface area contributed by atoms with Crippen LogP contribution in [0.25, 0.3) is 0 Å². The molecule has 4 aromatic rings. The highest BCUT2D eigenvalue weighted by Gasteiger charge is 2.45. The van der Waals surface area contributed by atoms with Crippen molar-refractivity contribution in [3.05, 3.63) is 71.0 Å². The lowest BCUT2D eigenvalue weighted by molar-refractivity contribution is -0.287. The number of benzene rings is 2. The SMILES string of the molecule is CC[C@H]1CC[C@H](COc2nc(Nc3cc(S(C)(=O)=O)ccc3N[C@@H](c3cccc4c3OC(F)(F)O4)c3ncccc3Cl)nc(N3CCN(C(=O)OC(C)(C)C)CC3)n2)CC1. The summed E-state index contributed by atoms with van der Waals surface area (Å²) in [6.45, 7) is 9.55. The predicted octanol–water partition coefficient (Wildman–Crippen LogP) is 8.24. The number of amides is 1. The van der Waals surface area contributed by atoms with E-state index >= 15 is 0 Å². The van der Waals surface area contributed by atoms with Crippen LogP contribution >= 0.6 is 11.6 Å². The van der Waals surface area contributed by atoms with Crippen LogP contribution in [0.15, 0.2) is 59.6 Å². The molecule has 2 aromatic heterocycles. The molecule has 0 spiro atoms. The largest absolute Gasteiger partial charge is 0.586 e. The number of para-hydroxylation sites is 1. The first-order valence-electron chi connectivity index (χ1n) is 19.9. The molecule has 1 amide bonds. The highest BCUT2D eigenvalue weighted by molar-refractivity contribution is 7.90. The zero-order valence-electron chi connectivity index (χ0n) is 34.1. The fraction of sp³-hybridized carbons (Fsp3) is 0.488. The van der Waals surface area contributed by atoms with Crippen LogP contribution in [0.1, 0.15) is 77.1 Å². The smallest absolute Gasteiger partial charge is 0.463 e. The Labute approximate surface area is 353 Å². The van der Waals surface area contributed by atoms with E-state index in [1.165, 1.54) is 36.5 Å². The minimum Gasteiger partial charge on any atom is -0.463 e. The van der Waals surface area contributed by atoms with Crippen molar-refractivity contribution in [3.8, 4) is 17.5 Å². The topological polar surface area (TPSA) is 170 Å². The van der Waals surface area contributed by atoms with E-state index in [1.807, 2.05) is 25.7 Å². The number of nitrogens with one attached hydrogen (secondary N) is 2. The van der Waals surface area contributed by atoms with Gasteiger partial charge in [0.15, 0.2) is 21.3 Å². The number of piperazine rings is 1. The zero-order valence-corrected chi connectivity index (χ0v) is 35.7. The van der Waals surface area contributed by atoms with Crippen molar-refractivity contribution >= 4 is 50.8 Å². The third-order valence-electron chi connectivity index (χ3n) is 10.6. The van der Waals surface area contributed by atoms with Crippen molar-refractivity contribution in [2.45, 2.75) is 82.6 Å². The molecule has 60 heavy (non-hydrogen) atoms. The molecule has 1 atom stereocenters. The van der Waals surface area contributed by atoms with Crippen LogP contribution in [0, 0.1) is 11.8 Å². The number of alkyl halides is 2. The maximum Gasteiger partial charge on any atom is 0.586 e. The third-order valence-corrected chi connectivity index (χ3v) is 12.0. The number of rotatable bonds is 12. The van der Waals surface area contributed by atoms with Crippen molar-refractivity contribution < 1.29 is 40.9 Å². The molecule has 19 heteroatoms. The Morgan fingerprint density at radius 1 is 0.983 bits per heavy atom. The average molecular weight is 871 g/mol. The Kier molecular flexibility index (Phi) is 12.4. The lowest BCUT2D eigenvalue weighted by atomic mass is 9.81. The number of hydrogen-bond donors (Lipinski definition) is 2. The summed E-state index contributed by atoms with van der Waals surface area (Å²) in [7, 11) is -3.73. The van der Waals surface area contributed by atoms with Gasteiger partial charge in [-0.3, -0.25) is 4.98 Å². The van der Waals surface area contributed by atoms with Crippen LogP contribution in [0.3, 0.4) is 0 Å². The molecule has 15 nitrogen and oxygen atoms in total. The van der Waals surface area contributed by atoms with E-state index < -0.39 is 33.9 Å². The van der Waals surface area contributed by atoms with Gasteiger partial charge in [-0.05, 0) is 81.8 Å². The van der Waals surface area contributed by atoms with Gasteiger partial charge in [0.1, 0.15) is 5.60 Å². The van der Waals surface area contributed by atoms with Gasteiger partial charge in [-0.1, -0.05) is 49.9 Å². The van der Waals surface area contributed by atoms with Crippen LogP contribution in [0.5, 0.6) is 17.5 Å². The summed E-state index contributed by atoms with van der Waals surface area (Å²) in [5.41, 5.74) is 0.358. The number of carbonyl (C=O) groups is 1. The van der Waals surface area contributed by atoms with Gasteiger partial charge in [-0.25, -0.2) is 13.2 Å². The standard InChI is InChI=1S/C41H49ClF2N8O7S/c1-6-25-12-14-26(15-13-25)24-56-38-49-36(48-37(50-38)51-19-21-52(22-20-51)39(53)59-40(2,3)4)47-31-23-27(60(5,54)55)16-17-30(31)46-33(34-29(42)10-8-18-45-34)28-9-7-11-32-35(28)58-41(43,44)57-32/h7-11,16-18,23,25-26,33,46H,6,12-15,19-22,24H2,1-5H3,(H,47,48,49,50)/t25-,26-,33-/m0/s1. The van der Waals surface area contributed by atoms with Crippen molar-refractivity contribution in [3.63, 3.8) is 0 Å². The monoisotopic (exact) mass is 870 g/mol. The molecule has 1 saturated carbocycles. The molecule has 2 aromatic carbocycles. The van der Waals surface area contributed by atoms with Crippen LogP contribution in [0.4, 0.5) is 36.8 Å². The van der Waals surface area contributed by atoms with Gasteiger partial charge in [-0.15, -0.1) is 8.78 Å². The molecule has 1 saturated heterocycles. The summed E-state index contributed by atoms with van der Waals surface area (Å²) in [6.07, 6.45) is 3.74. The van der Waals surface area contributed by atoms with E-state index in [0.29, 0.717) is 50.3 Å². The second-order valence-corrected chi connectivity index (χ2v) is 18.6. The van der Waals surface area contributed by atoms with Crippen molar-refractivity contribution in [2.75, 3.05) is 54.6 Å². The van der Waals surface area contributed by atoms with Gasteiger partial charge in [0, 0.05) is 44.2 Å². The first-order chi connectivity index (χ1) is 28.4. The summed E-state index contributed by atoms with van der Waals surface area (Å²) in [5.74, 6) is 0.959. The highest BCUT2D eigenvalue weighted by Crippen LogP contribution is 2.48. The molecule has 1 aliphatic carbocycles. The van der Waals surface area contributed by atoms with E-state index in [2.05, 4.69) is 27.5 Å². The first-order valence-corrected chi connectivity index (χ1v) is 22.2. The molecule has 2 aliphatic heterocycles. The summed E-state index contributed by atoms with van der Waals surface area (Å²) in [5, 5.41) is 6.74. The Bertz CT molecular complexity index is 2300. The lowest BCUT2D eigenvalue weighted by Gasteiger charge is -2.35. The quantitative estimate of drug-likeness (QED) is 0.140. The van der Waals surface area contributed by atoms with Gasteiger partial charge >= 0.3 is 18.4 Å². The Balaban J connectivity index is 1.24. The molecule has 0 unspecified atom stereocenters. The van der Waals surface area contributed by atoms with Crippen molar-refractivity contribution in [1.29, 1.82) is 0 Å². The maximum absolute atomic E-state index is 14.4. The molecule has 0 bridgehead atoms. The van der Waals surface area contributed by atoms with E-state index in [0.717, 1.165) is 38.4 Å². The highest BCUT2D eigenvalue weighted by atomic mass is 35.5. The second kappa shape index (κ2) is 17.4. The number of hydrogen-bond acceptors (Lipinski definition) is 14. The molecular formula is C41H49ClF2N8O7S. The molecule has 3 aliphatic rings. The fourth-order valence-corrected chi connectivity index (χ4v) is 8.28. The number of pyridine rings is 1. The number of aromatic nitrogens is 4. The van der Waals surface area contributed by atoms with Crippen molar-refractivity contribution in [2.24, 2.45) is 11.8 Å². The molecule has 4 heterocycles. The fourth-order valence-electron chi connectivity index (χ4n) is 7.40. The minimum absolute atomic E-state index is 0.0216. The minimum atomic E-state index is -3.91. The summed E-state index contributed by atoms with van der Waals surface area (Å²) in [6, 6.07) is 11.1. The number of anilines is 4. The number of sulfone groups is 1. The number of carbonyl (C=O) groups excluding carboxylic acids is 1. The van der Waals surface area contributed by atoms with E-state index in [-0.39, 0.29) is 56.3 Å². The first kappa shape index (κ1) is 42.9. The average Bonchev–Trinajstić information content (AvgIpc) is 3.53. The van der Waals surface area contributed by atoms with E-state index in [1.54, 1.807) is 23.1 Å². The van der Waals surface area contributed by atoms with Gasteiger partial charge in [0.05, 0.1) is 39.6 Å². The summed E-state index contributed by atoms with van der Waals surface area (Å²) in [4.78, 5) is 34.9. The van der Waals surface area contributed by atoms with Crippen LogP contribution < -0.4 is 29.7 Å². The van der Waals surface area contributed by atoms with E-state index in [9.17, 15) is 22.0 Å². The van der Waals surface area contributed by atoms with Gasteiger partial charge < -0.3 is 39.4 Å². The predicted molar refractivity (Wildman–Crippen MR) is 221 cm³/mol. The summed E-state index contributed by atoms with van der Waals surface area (Å²) < 4.78 is 76.2. The normalized spacial score (nSPS) is 19.4. The second-order valence-electron chi connectivity index (χ2n) is 16.2. The molecule has 0 radical (unpaired) electrons. The van der Waals surface area contributed by atoms with E-state index in [4.69, 9.17) is 40.5 Å². The Morgan fingerprint density at radius 3 is 2.40 bits per heavy atom. The Hall–Kier alpha value is -5.23. The number of nitrogens with zero attached hydrogens (tertiary/aromatic N) is 6. The van der Waals surface area contributed by atoms with Crippen LogP contribution in [0.2, 0.25) is 5.02 Å².